The molecule has 0 unspecified atom stereocenters. The summed E-state index contributed by atoms with van der Waals surface area (Å²) in [5.41, 5.74) is 7.96. The molecule has 1 aromatic carbocycles. The van der Waals surface area contributed by atoms with E-state index < -0.39 is 0 Å². The number of amides is 1. The van der Waals surface area contributed by atoms with E-state index >= 15 is 0 Å². The number of carbonyl (C=O) groups is 1. The zero-order chi connectivity index (χ0) is 13.1. The molecule has 0 spiro atoms. The number of H-pyrrole nitrogens is 1. The third kappa shape index (κ3) is 2.57. The van der Waals surface area contributed by atoms with Gasteiger partial charge in [0.25, 0.3) is 5.91 Å². The average molecular weight is 243 g/mol. The SMILES string of the molecule is Cc1ccc(N)cc1NC(=O)c1ccc(=O)[nH]c1. The van der Waals surface area contributed by atoms with Crippen molar-refractivity contribution in [3.05, 3.63) is 58.0 Å². The van der Waals surface area contributed by atoms with Gasteiger partial charge in [-0.2, -0.15) is 0 Å². The van der Waals surface area contributed by atoms with Crippen LogP contribution in [-0.4, -0.2) is 10.9 Å². The normalized spacial score (nSPS) is 10.1. The van der Waals surface area contributed by atoms with Gasteiger partial charge >= 0.3 is 0 Å². The molecule has 1 aromatic heterocycles. The van der Waals surface area contributed by atoms with Crippen LogP contribution in [0.2, 0.25) is 0 Å². The standard InChI is InChI=1S/C13H13N3O2/c1-8-2-4-10(14)6-11(8)16-13(18)9-3-5-12(17)15-7-9/h2-7H,14H2,1H3,(H,15,17)(H,16,18). The Bertz CT molecular complexity index is 626. The van der Waals surface area contributed by atoms with Crippen molar-refractivity contribution < 1.29 is 4.79 Å². The van der Waals surface area contributed by atoms with Gasteiger partial charge in [-0.25, -0.2) is 0 Å². The largest absolute Gasteiger partial charge is 0.399 e. The highest BCUT2D eigenvalue weighted by Gasteiger charge is 2.07. The summed E-state index contributed by atoms with van der Waals surface area (Å²) < 4.78 is 0. The molecular weight excluding hydrogens is 230 g/mol. The van der Waals surface area contributed by atoms with E-state index in [-0.39, 0.29) is 11.5 Å². The Morgan fingerprint density at radius 1 is 1.28 bits per heavy atom. The Morgan fingerprint density at radius 3 is 2.72 bits per heavy atom. The van der Waals surface area contributed by atoms with E-state index in [1.165, 1.54) is 18.3 Å². The van der Waals surface area contributed by atoms with Gasteiger partial charge in [0.15, 0.2) is 0 Å². The summed E-state index contributed by atoms with van der Waals surface area (Å²) in [5.74, 6) is -0.292. The van der Waals surface area contributed by atoms with Crippen molar-refractivity contribution in [2.75, 3.05) is 11.1 Å². The fraction of sp³-hybridized carbons (Fsp3) is 0.0769. The Morgan fingerprint density at radius 2 is 2.06 bits per heavy atom. The number of pyridine rings is 1. The molecule has 1 heterocycles. The van der Waals surface area contributed by atoms with Crippen molar-refractivity contribution in [3.63, 3.8) is 0 Å². The number of hydrogen-bond donors (Lipinski definition) is 3. The van der Waals surface area contributed by atoms with Crippen LogP contribution in [0.3, 0.4) is 0 Å². The molecule has 92 valence electrons. The van der Waals surface area contributed by atoms with E-state index in [0.717, 1.165) is 5.56 Å². The molecule has 0 bridgehead atoms. The molecule has 5 nitrogen and oxygen atoms in total. The zero-order valence-electron chi connectivity index (χ0n) is 9.86. The summed E-state index contributed by atoms with van der Waals surface area (Å²) in [6.07, 6.45) is 1.37. The van der Waals surface area contributed by atoms with Crippen molar-refractivity contribution in [2.45, 2.75) is 6.92 Å². The fourth-order valence-electron chi connectivity index (χ4n) is 1.52. The molecule has 0 saturated carbocycles. The Kier molecular flexibility index (Phi) is 3.14. The minimum absolute atomic E-state index is 0.244. The molecule has 0 saturated heterocycles. The van der Waals surface area contributed by atoms with Gasteiger partial charge in [0, 0.05) is 23.6 Å². The maximum absolute atomic E-state index is 11.9. The average Bonchev–Trinajstić information content (AvgIpc) is 2.34. The summed E-state index contributed by atoms with van der Waals surface area (Å²) in [6.45, 7) is 1.88. The monoisotopic (exact) mass is 243 g/mol. The molecule has 0 radical (unpaired) electrons. The molecule has 18 heavy (non-hydrogen) atoms. The van der Waals surface area contributed by atoms with Crippen LogP contribution in [0.15, 0.2) is 41.3 Å². The van der Waals surface area contributed by atoms with Crippen LogP contribution in [0.25, 0.3) is 0 Å². The van der Waals surface area contributed by atoms with E-state index in [2.05, 4.69) is 10.3 Å². The van der Waals surface area contributed by atoms with Gasteiger partial charge in [0.05, 0.1) is 5.56 Å². The molecule has 0 aliphatic heterocycles. The molecule has 1 amide bonds. The van der Waals surface area contributed by atoms with Crippen molar-refractivity contribution in [1.29, 1.82) is 0 Å². The smallest absolute Gasteiger partial charge is 0.257 e. The first-order valence-corrected chi connectivity index (χ1v) is 5.42. The van der Waals surface area contributed by atoms with E-state index in [4.69, 9.17) is 5.73 Å². The molecule has 2 aromatic rings. The number of aromatic amines is 1. The number of aryl methyl sites for hydroxylation is 1. The second-order valence-electron chi connectivity index (χ2n) is 3.97. The predicted octanol–water partition coefficient (Wildman–Crippen LogP) is 1.52. The quantitative estimate of drug-likeness (QED) is 0.699. The number of anilines is 2. The van der Waals surface area contributed by atoms with E-state index in [1.807, 2.05) is 13.0 Å². The minimum Gasteiger partial charge on any atom is -0.399 e. The summed E-state index contributed by atoms with van der Waals surface area (Å²) in [5, 5.41) is 2.75. The Labute approximate surface area is 104 Å². The molecule has 0 fully saturated rings. The van der Waals surface area contributed by atoms with E-state index in [9.17, 15) is 9.59 Å². The van der Waals surface area contributed by atoms with Gasteiger partial charge < -0.3 is 16.0 Å². The lowest BCUT2D eigenvalue weighted by molar-refractivity contribution is 0.102. The Hall–Kier alpha value is -2.56. The van der Waals surface area contributed by atoms with Crippen molar-refractivity contribution in [1.82, 2.24) is 4.98 Å². The van der Waals surface area contributed by atoms with E-state index in [1.54, 1.807) is 12.1 Å². The predicted molar refractivity (Wildman–Crippen MR) is 70.6 cm³/mol. The maximum Gasteiger partial charge on any atom is 0.257 e. The lowest BCUT2D eigenvalue weighted by Gasteiger charge is -2.08. The summed E-state index contributed by atoms with van der Waals surface area (Å²) in [7, 11) is 0. The van der Waals surface area contributed by atoms with Crippen LogP contribution in [0.1, 0.15) is 15.9 Å². The number of nitrogen functional groups attached to an aromatic ring is 1. The zero-order valence-corrected chi connectivity index (χ0v) is 9.86. The van der Waals surface area contributed by atoms with Crippen LogP contribution in [0, 0.1) is 6.92 Å². The van der Waals surface area contributed by atoms with Crippen molar-refractivity contribution in [2.24, 2.45) is 0 Å². The number of hydrogen-bond acceptors (Lipinski definition) is 3. The van der Waals surface area contributed by atoms with Gasteiger partial charge in [-0.1, -0.05) is 6.07 Å². The van der Waals surface area contributed by atoms with Crippen molar-refractivity contribution >= 4 is 17.3 Å². The highest BCUT2D eigenvalue weighted by atomic mass is 16.1. The van der Waals surface area contributed by atoms with Crippen LogP contribution in [0.5, 0.6) is 0 Å². The van der Waals surface area contributed by atoms with Gasteiger partial charge in [-0.05, 0) is 30.7 Å². The lowest BCUT2D eigenvalue weighted by atomic mass is 10.1. The third-order valence-corrected chi connectivity index (χ3v) is 2.56. The third-order valence-electron chi connectivity index (χ3n) is 2.56. The first kappa shape index (κ1) is 11.9. The van der Waals surface area contributed by atoms with Gasteiger partial charge in [-0.3, -0.25) is 9.59 Å². The van der Waals surface area contributed by atoms with Gasteiger partial charge in [-0.15, -0.1) is 0 Å². The number of aromatic nitrogens is 1. The lowest BCUT2D eigenvalue weighted by Crippen LogP contribution is -2.15. The van der Waals surface area contributed by atoms with Crippen LogP contribution in [-0.2, 0) is 0 Å². The van der Waals surface area contributed by atoms with Crippen LogP contribution >= 0.6 is 0 Å². The first-order valence-electron chi connectivity index (χ1n) is 5.42. The number of nitrogens with one attached hydrogen (secondary N) is 2. The van der Waals surface area contributed by atoms with Crippen LogP contribution < -0.4 is 16.6 Å². The number of carbonyl (C=O) groups excluding carboxylic acids is 1. The highest BCUT2D eigenvalue weighted by Crippen LogP contribution is 2.18. The molecule has 0 aliphatic carbocycles. The first-order chi connectivity index (χ1) is 8.56. The molecule has 0 atom stereocenters. The number of nitrogens with two attached hydrogens (primary N) is 1. The minimum atomic E-state index is -0.292. The number of benzene rings is 1. The summed E-state index contributed by atoms with van der Waals surface area (Å²) >= 11 is 0. The van der Waals surface area contributed by atoms with Gasteiger partial charge in [0.1, 0.15) is 0 Å². The molecule has 4 N–H and O–H groups in total. The second-order valence-corrected chi connectivity index (χ2v) is 3.97. The molecular formula is C13H13N3O2. The Balaban J connectivity index is 2.23. The number of rotatable bonds is 2. The highest BCUT2D eigenvalue weighted by molar-refractivity contribution is 6.04. The molecule has 2 rings (SSSR count). The maximum atomic E-state index is 11.9. The topological polar surface area (TPSA) is 88.0 Å². The molecule has 0 aliphatic rings. The van der Waals surface area contributed by atoms with Crippen LogP contribution in [0.4, 0.5) is 11.4 Å². The second kappa shape index (κ2) is 4.75. The van der Waals surface area contributed by atoms with Gasteiger partial charge in [0.2, 0.25) is 5.56 Å². The molecule has 5 heteroatoms. The van der Waals surface area contributed by atoms with Crippen molar-refractivity contribution in [3.8, 4) is 0 Å². The summed E-state index contributed by atoms with van der Waals surface area (Å²) in [4.78, 5) is 25.3. The van der Waals surface area contributed by atoms with E-state index in [0.29, 0.717) is 16.9 Å². The summed E-state index contributed by atoms with van der Waals surface area (Å²) in [6, 6.07) is 8.07. The fourth-order valence-corrected chi connectivity index (χ4v) is 1.52.